The van der Waals surface area contributed by atoms with Gasteiger partial charge in [0.1, 0.15) is 6.54 Å². The Morgan fingerprint density at radius 3 is 2.65 bits per heavy atom. The van der Waals surface area contributed by atoms with Crippen LogP contribution in [0.25, 0.3) is 22.2 Å². The molecule has 0 radical (unpaired) electrons. The Hall–Kier alpha value is -2.97. The van der Waals surface area contributed by atoms with E-state index < -0.39 is 37.3 Å². The Bertz CT molecular complexity index is 1560. The molecule has 2 aliphatic heterocycles. The summed E-state index contributed by atoms with van der Waals surface area (Å²) in [6.07, 6.45) is -1.31. The molecular weight excluding hydrogens is 602 g/mol. The number of halogens is 3. The molecule has 2 aliphatic rings. The summed E-state index contributed by atoms with van der Waals surface area (Å²) >= 11 is 0. The Morgan fingerprint density at radius 1 is 1.22 bits per heavy atom. The van der Waals surface area contributed by atoms with Crippen molar-refractivity contribution >= 4 is 29.5 Å². The van der Waals surface area contributed by atoms with Gasteiger partial charge < -0.3 is 28.8 Å². The molecule has 5 rings (SSSR count). The number of fused-ring (bicyclic) bond motifs is 2. The van der Waals surface area contributed by atoms with Crippen LogP contribution in [0.15, 0.2) is 30.5 Å². The molecule has 0 bridgehead atoms. The fourth-order valence-electron chi connectivity index (χ4n) is 6.87. The number of carbonyl (C=O) groups is 1. The summed E-state index contributed by atoms with van der Waals surface area (Å²) in [6.45, 7) is 8.80. The van der Waals surface area contributed by atoms with E-state index in [1.165, 1.54) is 36.8 Å². The molecule has 2 fully saturated rings. The maximum absolute atomic E-state index is 14.4. The third kappa shape index (κ3) is 7.60. The number of ether oxygens (including phenoxy) is 3. The van der Waals surface area contributed by atoms with Crippen LogP contribution in [0.4, 0.5) is 13.2 Å². The molecule has 250 valence electrons. The molecule has 0 saturated carbocycles. The highest BCUT2D eigenvalue weighted by molar-refractivity contribution is 6.58. The van der Waals surface area contributed by atoms with Crippen LogP contribution in [-0.4, -0.2) is 89.8 Å². The number of esters is 1. The van der Waals surface area contributed by atoms with E-state index >= 15 is 0 Å². The van der Waals surface area contributed by atoms with Gasteiger partial charge in [-0.3, -0.25) is 14.7 Å². The van der Waals surface area contributed by atoms with Crippen molar-refractivity contribution in [2.75, 3.05) is 40.0 Å². The zero-order chi connectivity index (χ0) is 33.4. The van der Waals surface area contributed by atoms with Crippen LogP contribution in [0.1, 0.15) is 69.4 Å². The van der Waals surface area contributed by atoms with Gasteiger partial charge in [0.2, 0.25) is 0 Å². The highest BCUT2D eigenvalue weighted by atomic mass is 19.4. The first kappa shape index (κ1) is 34.4. The Balaban J connectivity index is 1.75. The molecule has 0 aliphatic carbocycles. The van der Waals surface area contributed by atoms with Gasteiger partial charge in [0.15, 0.2) is 0 Å². The summed E-state index contributed by atoms with van der Waals surface area (Å²) in [5.41, 5.74) is 2.63. The fraction of sp³-hybridized carbons (Fsp3) is 0.576. The Labute approximate surface area is 267 Å². The maximum atomic E-state index is 14.4. The second kappa shape index (κ2) is 13.6. The number of methoxy groups -OCH3 is 1. The molecule has 2 N–H and O–H groups in total. The minimum atomic E-state index is -4.56. The number of benzene rings is 1. The number of aromatic nitrogens is 2. The molecule has 46 heavy (non-hydrogen) atoms. The Kier molecular flexibility index (Phi) is 10.2. The molecule has 1 aromatic carbocycles. The second-order valence-corrected chi connectivity index (χ2v) is 13.4. The van der Waals surface area contributed by atoms with E-state index in [2.05, 4.69) is 4.90 Å². The van der Waals surface area contributed by atoms with E-state index in [1.807, 2.05) is 33.0 Å². The molecule has 3 aromatic rings. The zero-order valence-electron chi connectivity index (χ0n) is 27.1. The van der Waals surface area contributed by atoms with E-state index in [4.69, 9.17) is 19.2 Å². The van der Waals surface area contributed by atoms with Crippen LogP contribution in [-0.2, 0) is 32.0 Å². The van der Waals surface area contributed by atoms with Gasteiger partial charge in [-0.05, 0) is 67.4 Å². The van der Waals surface area contributed by atoms with Gasteiger partial charge in [-0.15, -0.1) is 0 Å². The minimum Gasteiger partial charge on any atom is -0.465 e. The highest BCUT2D eigenvalue weighted by Crippen LogP contribution is 2.43. The number of alkyl halides is 3. The normalized spacial score (nSPS) is 20.0. The molecule has 4 heterocycles. The van der Waals surface area contributed by atoms with Gasteiger partial charge in [0, 0.05) is 54.7 Å². The summed E-state index contributed by atoms with van der Waals surface area (Å²) in [5.74, 6) is -0.317. The van der Waals surface area contributed by atoms with Gasteiger partial charge in [0.25, 0.3) is 0 Å². The molecule has 13 heteroatoms. The first-order valence-corrected chi connectivity index (χ1v) is 15.7. The predicted molar refractivity (Wildman–Crippen MR) is 169 cm³/mol. The highest BCUT2D eigenvalue weighted by Gasteiger charge is 2.36. The van der Waals surface area contributed by atoms with Crippen molar-refractivity contribution in [3.63, 3.8) is 0 Å². The van der Waals surface area contributed by atoms with E-state index in [1.54, 1.807) is 0 Å². The molecule has 3 atom stereocenters. The van der Waals surface area contributed by atoms with E-state index in [0.717, 1.165) is 31.5 Å². The number of carbonyl (C=O) groups excluding carboxylic acids is 1. The minimum absolute atomic E-state index is 0.0394. The number of rotatable bonds is 10. The van der Waals surface area contributed by atoms with Gasteiger partial charge >= 0.3 is 19.3 Å². The number of hydrogen-bond donors (Lipinski definition) is 2. The molecular formula is C33H43BF3N3O6. The van der Waals surface area contributed by atoms with E-state index in [9.17, 15) is 28.0 Å². The van der Waals surface area contributed by atoms with Crippen LogP contribution in [0.2, 0.25) is 0 Å². The number of piperidine rings is 1. The van der Waals surface area contributed by atoms with E-state index in [0.29, 0.717) is 46.6 Å². The van der Waals surface area contributed by atoms with Gasteiger partial charge in [-0.1, -0.05) is 26.0 Å². The van der Waals surface area contributed by atoms with Gasteiger partial charge in [0.05, 0.1) is 37.3 Å². The summed E-state index contributed by atoms with van der Waals surface area (Å²) < 4.78 is 61.1. The predicted octanol–water partition coefficient (Wildman–Crippen LogP) is 4.36. The molecule has 0 unspecified atom stereocenters. The lowest BCUT2D eigenvalue weighted by Gasteiger charge is -2.42. The Morgan fingerprint density at radius 2 is 1.98 bits per heavy atom. The van der Waals surface area contributed by atoms with Crippen LogP contribution in [0, 0.1) is 5.41 Å². The smallest absolute Gasteiger partial charge is 0.465 e. The summed E-state index contributed by atoms with van der Waals surface area (Å²) in [7, 11) is -0.281. The van der Waals surface area contributed by atoms with Crippen molar-refractivity contribution in [3.8, 4) is 11.3 Å². The van der Waals surface area contributed by atoms with Crippen molar-refractivity contribution in [3.05, 3.63) is 47.3 Å². The molecule has 9 nitrogen and oxygen atoms in total. The molecule has 2 aromatic heterocycles. The van der Waals surface area contributed by atoms with Crippen molar-refractivity contribution in [2.45, 2.75) is 77.7 Å². The van der Waals surface area contributed by atoms with Crippen LogP contribution in [0.3, 0.4) is 0 Å². The van der Waals surface area contributed by atoms with Crippen molar-refractivity contribution in [1.29, 1.82) is 0 Å². The summed E-state index contributed by atoms with van der Waals surface area (Å²) in [5, 5.41) is 20.5. The van der Waals surface area contributed by atoms with Crippen molar-refractivity contribution in [2.24, 2.45) is 5.41 Å². The lowest BCUT2D eigenvalue weighted by Crippen LogP contribution is -2.49. The molecule has 0 spiro atoms. The standard InChI is InChI=1S/C33H43BF3N3O6/c1-20(44-5)30-27(13-23(16-38-30)22-8-9-39-10-11-45-17-25(39)12-22)31-28(15-32(3,4)19-46-21(2)41)26-14-24(34(42)43)6-7-29(26)40(31)18-33(35,36)37/h6-7,13-14,16,20,22,25,42-43H,8-12,15,17-19H2,1-5H3/t20-,22+,25-/m0/s1. The molecule has 2 saturated heterocycles. The van der Waals surface area contributed by atoms with Crippen molar-refractivity contribution in [1.82, 2.24) is 14.5 Å². The van der Waals surface area contributed by atoms with Crippen molar-refractivity contribution < 1.29 is 42.2 Å². The average molecular weight is 646 g/mol. The quantitative estimate of drug-likeness (QED) is 0.248. The van der Waals surface area contributed by atoms with Gasteiger partial charge in [-0.2, -0.15) is 13.2 Å². The largest absolute Gasteiger partial charge is 0.488 e. The first-order valence-electron chi connectivity index (χ1n) is 15.7. The maximum Gasteiger partial charge on any atom is 0.488 e. The SMILES string of the molecule is CO[C@@H](C)c1ncc([C@@H]2CCN3CCOC[C@@H]3C2)cc1-c1c(CC(C)(C)COC(C)=O)c2cc(B(O)O)ccc2n1CC(F)(F)F. The zero-order valence-corrected chi connectivity index (χ0v) is 27.1. The lowest BCUT2D eigenvalue weighted by molar-refractivity contribution is -0.144. The second-order valence-electron chi connectivity index (χ2n) is 13.4. The van der Waals surface area contributed by atoms with Crippen LogP contribution >= 0.6 is 0 Å². The number of nitrogens with zero attached hydrogens (tertiary/aromatic N) is 3. The summed E-state index contributed by atoms with van der Waals surface area (Å²) in [4.78, 5) is 19.0. The lowest BCUT2D eigenvalue weighted by atomic mass is 9.78. The number of pyridine rings is 1. The van der Waals surface area contributed by atoms with Gasteiger partial charge in [-0.25, -0.2) is 0 Å². The fourth-order valence-corrected chi connectivity index (χ4v) is 6.87. The summed E-state index contributed by atoms with van der Waals surface area (Å²) in [6, 6.07) is 6.68. The van der Waals surface area contributed by atoms with Crippen LogP contribution < -0.4 is 5.46 Å². The van der Waals surface area contributed by atoms with E-state index in [-0.39, 0.29) is 30.5 Å². The number of hydrogen-bond acceptors (Lipinski definition) is 8. The third-order valence-corrected chi connectivity index (χ3v) is 9.22. The average Bonchev–Trinajstić information content (AvgIpc) is 3.29. The monoisotopic (exact) mass is 645 g/mol. The third-order valence-electron chi connectivity index (χ3n) is 9.22. The first-order chi connectivity index (χ1) is 21.7. The topological polar surface area (TPSA) is 106 Å². The molecule has 0 amide bonds. The van der Waals surface area contributed by atoms with Crippen LogP contribution in [0.5, 0.6) is 0 Å². The number of morpholine rings is 1.